The van der Waals surface area contributed by atoms with E-state index in [-0.39, 0.29) is 29.8 Å². The Bertz CT molecular complexity index is 768. The van der Waals surface area contributed by atoms with Gasteiger partial charge in [0.2, 0.25) is 5.91 Å². The van der Waals surface area contributed by atoms with Gasteiger partial charge in [-0.25, -0.2) is 9.18 Å². The van der Waals surface area contributed by atoms with E-state index >= 15 is 0 Å². The van der Waals surface area contributed by atoms with Crippen LogP contribution in [0.25, 0.3) is 0 Å². The van der Waals surface area contributed by atoms with E-state index in [9.17, 15) is 14.0 Å². The van der Waals surface area contributed by atoms with Crippen molar-refractivity contribution in [2.24, 2.45) is 5.92 Å². The van der Waals surface area contributed by atoms with Crippen LogP contribution in [-0.2, 0) is 10.3 Å². The molecule has 3 aliphatic rings. The second-order valence-corrected chi connectivity index (χ2v) is 9.17. The number of nitrogens with zero attached hydrogens (tertiary/aromatic N) is 1. The molecule has 1 aliphatic heterocycles. The predicted octanol–water partition coefficient (Wildman–Crippen LogP) is 3.56. The van der Waals surface area contributed by atoms with E-state index in [1.54, 1.807) is 16.8 Å². The molecule has 6 nitrogen and oxygen atoms in total. The van der Waals surface area contributed by atoms with Crippen LogP contribution in [0.15, 0.2) is 18.2 Å². The van der Waals surface area contributed by atoms with E-state index in [4.69, 9.17) is 4.74 Å². The summed E-state index contributed by atoms with van der Waals surface area (Å²) in [6.07, 6.45) is 7.41. The molecule has 1 aromatic carbocycles. The van der Waals surface area contributed by atoms with Crippen LogP contribution in [-0.4, -0.2) is 42.3 Å². The number of halogens is 1. The van der Waals surface area contributed by atoms with Gasteiger partial charge in [-0.2, -0.15) is 0 Å². The molecule has 3 fully saturated rings. The monoisotopic (exact) mass is 421 g/mol. The van der Waals surface area contributed by atoms with Crippen molar-refractivity contribution in [1.82, 2.24) is 14.9 Å². The highest BCUT2D eigenvalue weighted by Crippen LogP contribution is 2.48. The molecule has 0 aromatic heterocycles. The first-order valence-corrected chi connectivity index (χ1v) is 11.4. The Kier molecular flexibility index (Phi) is 6.29. The number of urea groups is 1. The molecular formula is C21H28FN3O3S. The summed E-state index contributed by atoms with van der Waals surface area (Å²) in [6, 6.07) is 4.97. The van der Waals surface area contributed by atoms with Gasteiger partial charge in [0.15, 0.2) is 11.6 Å². The maximum atomic E-state index is 14.0. The maximum Gasteiger partial charge on any atom is 0.324 e. The van der Waals surface area contributed by atoms with Crippen LogP contribution < -0.4 is 14.8 Å². The molecular weight excluding hydrogens is 393 g/mol. The van der Waals surface area contributed by atoms with Gasteiger partial charge in [-0.15, -0.1) is 0 Å². The fourth-order valence-corrected chi connectivity index (χ4v) is 4.53. The summed E-state index contributed by atoms with van der Waals surface area (Å²) in [5, 5.41) is 2.29. The van der Waals surface area contributed by atoms with Gasteiger partial charge < -0.3 is 9.64 Å². The Hall–Kier alpha value is -1.80. The second kappa shape index (κ2) is 8.92. The van der Waals surface area contributed by atoms with Crippen LogP contribution >= 0.6 is 11.9 Å². The summed E-state index contributed by atoms with van der Waals surface area (Å²) in [7, 11) is 0. The van der Waals surface area contributed by atoms with Gasteiger partial charge in [0, 0.05) is 12.3 Å². The third-order valence-corrected chi connectivity index (χ3v) is 6.74. The molecule has 0 bridgehead atoms. The summed E-state index contributed by atoms with van der Waals surface area (Å²) in [5.74, 6) is 1.44. The first-order chi connectivity index (χ1) is 14.1. The number of imide groups is 1. The molecule has 29 heavy (non-hydrogen) atoms. The normalized spacial score (nSPS) is 20.1. The molecule has 4 rings (SSSR count). The predicted molar refractivity (Wildman–Crippen MR) is 110 cm³/mol. The summed E-state index contributed by atoms with van der Waals surface area (Å²) in [5.41, 5.74) is 1.03. The van der Waals surface area contributed by atoms with Gasteiger partial charge >= 0.3 is 6.03 Å². The Morgan fingerprint density at radius 2 is 2.07 bits per heavy atom. The molecule has 3 amide bonds. The molecule has 158 valence electrons. The first kappa shape index (κ1) is 20.5. The van der Waals surface area contributed by atoms with E-state index in [1.807, 2.05) is 12.1 Å². The molecule has 1 heterocycles. The number of hydrogen-bond donors (Lipinski definition) is 2. The first-order valence-electron chi connectivity index (χ1n) is 10.5. The summed E-state index contributed by atoms with van der Waals surface area (Å²) < 4.78 is 23.3. The average Bonchev–Trinajstić information content (AvgIpc) is 3.61. The van der Waals surface area contributed by atoms with Gasteiger partial charge in [-0.05, 0) is 62.1 Å². The molecule has 8 heteroatoms. The quantitative estimate of drug-likeness (QED) is 0.307. The van der Waals surface area contributed by atoms with Gasteiger partial charge in [0.05, 0.1) is 12.1 Å². The van der Waals surface area contributed by atoms with Crippen molar-refractivity contribution in [3.63, 3.8) is 0 Å². The molecule has 2 saturated carbocycles. The van der Waals surface area contributed by atoms with Gasteiger partial charge in [-0.3, -0.25) is 14.8 Å². The minimum Gasteiger partial charge on any atom is -0.490 e. The van der Waals surface area contributed by atoms with Gasteiger partial charge in [-0.1, -0.05) is 24.4 Å². The molecule has 2 N–H and O–H groups in total. The van der Waals surface area contributed by atoms with Crippen molar-refractivity contribution in [2.75, 3.05) is 25.4 Å². The fourth-order valence-electron chi connectivity index (χ4n) is 3.48. The number of ether oxygens (including phenoxy) is 1. The van der Waals surface area contributed by atoms with Crippen LogP contribution in [0, 0.1) is 11.7 Å². The zero-order valence-electron chi connectivity index (χ0n) is 16.5. The number of carbonyl (C=O) groups is 2. The number of unbranched alkanes of at least 4 members (excludes halogenated alkanes) is 2. The van der Waals surface area contributed by atoms with Crippen molar-refractivity contribution in [3.8, 4) is 5.75 Å². The summed E-state index contributed by atoms with van der Waals surface area (Å²) in [4.78, 5) is 24.2. The van der Waals surface area contributed by atoms with E-state index in [1.165, 1.54) is 18.9 Å². The highest BCUT2D eigenvalue weighted by atomic mass is 32.2. The Morgan fingerprint density at radius 3 is 2.76 bits per heavy atom. The third-order valence-electron chi connectivity index (χ3n) is 5.72. The lowest BCUT2D eigenvalue weighted by Gasteiger charge is -2.19. The standard InChI is InChI=1S/C21H28FN3O3S/c22-17-7-6-16(12-18(17)28-14-15-4-5-15)21(8-9-21)24-29-11-3-1-2-10-25-13-19(26)23-20(25)27/h6-7,12,15,24H,1-5,8-11,13-14H2,(H,23,26,27). The van der Waals surface area contributed by atoms with Crippen molar-refractivity contribution < 1.29 is 18.7 Å². The van der Waals surface area contributed by atoms with Gasteiger partial charge in [0.25, 0.3) is 0 Å². The third kappa shape index (κ3) is 5.42. The lowest BCUT2D eigenvalue weighted by molar-refractivity contribution is -0.118. The SMILES string of the molecule is O=C1CN(CCCCCSNC2(c3ccc(F)c(OCC4CC4)c3)CC2)C(=O)N1. The van der Waals surface area contributed by atoms with E-state index in [0.29, 0.717) is 24.8 Å². The topological polar surface area (TPSA) is 70.7 Å². The molecule has 0 radical (unpaired) electrons. The highest BCUT2D eigenvalue weighted by Gasteiger charge is 2.44. The molecule has 0 spiro atoms. The summed E-state index contributed by atoms with van der Waals surface area (Å²) >= 11 is 1.71. The van der Waals surface area contributed by atoms with Crippen molar-refractivity contribution in [2.45, 2.75) is 50.5 Å². The Labute approximate surface area is 175 Å². The second-order valence-electron chi connectivity index (χ2n) is 8.27. The van der Waals surface area contributed by atoms with E-state index < -0.39 is 0 Å². The molecule has 0 atom stereocenters. The van der Waals surface area contributed by atoms with Crippen molar-refractivity contribution in [3.05, 3.63) is 29.6 Å². The number of hydrogen-bond acceptors (Lipinski definition) is 5. The maximum absolute atomic E-state index is 14.0. The van der Waals surface area contributed by atoms with Crippen molar-refractivity contribution in [1.29, 1.82) is 0 Å². The van der Waals surface area contributed by atoms with E-state index in [2.05, 4.69) is 10.0 Å². The van der Waals surface area contributed by atoms with Crippen LogP contribution in [0.4, 0.5) is 9.18 Å². The number of carbonyl (C=O) groups excluding carboxylic acids is 2. The Morgan fingerprint density at radius 1 is 1.24 bits per heavy atom. The minimum atomic E-state index is -0.286. The molecule has 1 aromatic rings. The minimum absolute atomic E-state index is 0.0654. The number of amides is 3. The highest BCUT2D eigenvalue weighted by molar-refractivity contribution is 7.97. The fraction of sp³-hybridized carbons (Fsp3) is 0.619. The number of benzene rings is 1. The average molecular weight is 422 g/mol. The lowest BCUT2D eigenvalue weighted by atomic mass is 10.1. The number of rotatable bonds is 12. The van der Waals surface area contributed by atoms with Crippen molar-refractivity contribution >= 4 is 23.9 Å². The molecule has 1 saturated heterocycles. The lowest BCUT2D eigenvalue weighted by Crippen LogP contribution is -2.29. The van der Waals surface area contributed by atoms with Crippen LogP contribution in [0.2, 0.25) is 0 Å². The largest absolute Gasteiger partial charge is 0.490 e. The molecule has 0 unspecified atom stereocenters. The van der Waals surface area contributed by atoms with Gasteiger partial charge in [0.1, 0.15) is 6.54 Å². The van der Waals surface area contributed by atoms with Crippen LogP contribution in [0.3, 0.4) is 0 Å². The van der Waals surface area contributed by atoms with Crippen LogP contribution in [0.1, 0.15) is 50.5 Å². The van der Waals surface area contributed by atoms with Crippen LogP contribution in [0.5, 0.6) is 5.75 Å². The van der Waals surface area contributed by atoms with E-state index in [0.717, 1.165) is 43.4 Å². The Balaban J connectivity index is 1.16. The zero-order chi connectivity index (χ0) is 20.3. The smallest absolute Gasteiger partial charge is 0.324 e. The molecule has 2 aliphatic carbocycles. The summed E-state index contributed by atoms with van der Waals surface area (Å²) in [6.45, 7) is 1.42. The zero-order valence-corrected chi connectivity index (χ0v) is 17.4. The number of nitrogens with one attached hydrogen (secondary N) is 2.